The largest absolute Gasteiger partial charge is 0.485 e. The molecule has 0 aliphatic carbocycles. The van der Waals surface area contributed by atoms with Crippen molar-refractivity contribution in [2.75, 3.05) is 13.1 Å². The first-order valence-electron chi connectivity index (χ1n) is 6.51. The first-order chi connectivity index (χ1) is 9.26. The molecule has 5 nitrogen and oxygen atoms in total. The monoisotopic (exact) mass is 342 g/mol. The normalized spacial score (nSPS) is 15.8. The van der Waals surface area contributed by atoms with Crippen LogP contribution in [0.5, 0.6) is 5.75 Å². The molecule has 2 heterocycles. The Labute approximate surface area is 127 Å². The van der Waals surface area contributed by atoms with Gasteiger partial charge in [0, 0.05) is 16.2 Å². The maximum Gasteiger partial charge on any atom is 0.410 e. The van der Waals surface area contributed by atoms with Crippen LogP contribution in [0.15, 0.2) is 16.9 Å². The van der Waals surface area contributed by atoms with Gasteiger partial charge in [-0.25, -0.2) is 4.79 Å². The summed E-state index contributed by atoms with van der Waals surface area (Å²) in [6.45, 7) is 8.62. The van der Waals surface area contributed by atoms with Crippen LogP contribution < -0.4 is 4.74 Å². The minimum atomic E-state index is -0.464. The highest BCUT2D eigenvalue weighted by Crippen LogP contribution is 2.27. The van der Waals surface area contributed by atoms with E-state index in [0.717, 1.165) is 15.8 Å². The van der Waals surface area contributed by atoms with E-state index < -0.39 is 5.60 Å². The van der Waals surface area contributed by atoms with Crippen LogP contribution in [0.4, 0.5) is 4.79 Å². The molecular weight excluding hydrogens is 324 g/mol. The first-order valence-corrected chi connectivity index (χ1v) is 7.30. The summed E-state index contributed by atoms with van der Waals surface area (Å²) in [5, 5.41) is 0. The van der Waals surface area contributed by atoms with Crippen molar-refractivity contribution < 1.29 is 14.3 Å². The maximum absolute atomic E-state index is 11.8. The Hall–Kier alpha value is -1.30. The van der Waals surface area contributed by atoms with Crippen LogP contribution in [0, 0.1) is 6.92 Å². The van der Waals surface area contributed by atoms with E-state index in [-0.39, 0.29) is 12.2 Å². The number of hydrogen-bond donors (Lipinski definition) is 0. The lowest BCUT2D eigenvalue weighted by Crippen LogP contribution is -2.57. The van der Waals surface area contributed by atoms with Crippen LogP contribution in [0.1, 0.15) is 26.3 Å². The van der Waals surface area contributed by atoms with E-state index in [2.05, 4.69) is 20.9 Å². The molecule has 0 N–H and O–H groups in total. The first kappa shape index (κ1) is 15.1. The number of carbonyl (C=O) groups is 1. The maximum atomic E-state index is 11.8. The zero-order valence-electron chi connectivity index (χ0n) is 12.1. The molecule has 1 aromatic heterocycles. The molecule has 1 aliphatic heterocycles. The molecule has 6 heteroatoms. The molecule has 110 valence electrons. The summed E-state index contributed by atoms with van der Waals surface area (Å²) in [6.07, 6.45) is 3.13. The van der Waals surface area contributed by atoms with E-state index >= 15 is 0 Å². The summed E-state index contributed by atoms with van der Waals surface area (Å²) in [5.41, 5.74) is 0.545. The minimum absolute atomic E-state index is 0.00248. The number of pyridine rings is 1. The predicted molar refractivity (Wildman–Crippen MR) is 78.9 cm³/mol. The SMILES string of the molecule is Cc1c(Br)cncc1OC1CN(C(=O)OC(C)(C)C)C1. The van der Waals surface area contributed by atoms with Crippen molar-refractivity contribution in [2.45, 2.75) is 39.4 Å². The molecule has 0 saturated carbocycles. The van der Waals surface area contributed by atoms with Gasteiger partial charge >= 0.3 is 6.09 Å². The van der Waals surface area contributed by atoms with Crippen molar-refractivity contribution in [3.63, 3.8) is 0 Å². The third-order valence-electron chi connectivity index (χ3n) is 2.90. The van der Waals surface area contributed by atoms with Crippen LogP contribution in [-0.2, 0) is 4.74 Å². The highest BCUT2D eigenvalue weighted by atomic mass is 79.9. The molecule has 1 amide bonds. The summed E-state index contributed by atoms with van der Waals surface area (Å²) < 4.78 is 12.0. The Kier molecular flexibility index (Phi) is 4.22. The average molecular weight is 343 g/mol. The van der Waals surface area contributed by atoms with Crippen molar-refractivity contribution in [2.24, 2.45) is 0 Å². The van der Waals surface area contributed by atoms with E-state index in [9.17, 15) is 4.79 Å². The van der Waals surface area contributed by atoms with Gasteiger partial charge in [-0.1, -0.05) is 0 Å². The van der Waals surface area contributed by atoms with Crippen molar-refractivity contribution in [3.05, 3.63) is 22.4 Å². The lowest BCUT2D eigenvalue weighted by atomic mass is 10.1. The zero-order valence-corrected chi connectivity index (χ0v) is 13.7. The van der Waals surface area contributed by atoms with Crippen molar-refractivity contribution in [1.29, 1.82) is 0 Å². The Balaban J connectivity index is 1.85. The summed E-state index contributed by atoms with van der Waals surface area (Å²) in [4.78, 5) is 17.5. The number of rotatable bonds is 2. The van der Waals surface area contributed by atoms with E-state index in [0.29, 0.717) is 13.1 Å². The minimum Gasteiger partial charge on any atom is -0.485 e. The second-order valence-electron chi connectivity index (χ2n) is 5.87. The molecular formula is C14H19BrN2O3. The number of ether oxygens (including phenoxy) is 2. The fourth-order valence-electron chi connectivity index (χ4n) is 1.77. The average Bonchev–Trinajstić information content (AvgIpc) is 2.25. The van der Waals surface area contributed by atoms with Crippen LogP contribution in [-0.4, -0.2) is 40.8 Å². The fourth-order valence-corrected chi connectivity index (χ4v) is 2.08. The molecule has 0 bridgehead atoms. The zero-order chi connectivity index (χ0) is 14.9. The second kappa shape index (κ2) is 5.60. The Morgan fingerprint density at radius 3 is 2.65 bits per heavy atom. The fraction of sp³-hybridized carbons (Fsp3) is 0.571. The Bertz CT molecular complexity index is 508. The van der Waals surface area contributed by atoms with Crippen LogP contribution in [0.2, 0.25) is 0 Å². The Morgan fingerprint density at radius 2 is 2.05 bits per heavy atom. The van der Waals surface area contributed by atoms with Crippen molar-refractivity contribution >= 4 is 22.0 Å². The summed E-state index contributed by atoms with van der Waals surface area (Å²) in [6, 6.07) is 0. The molecule has 0 atom stereocenters. The standard InChI is InChI=1S/C14H19BrN2O3/c1-9-11(15)5-16-6-12(9)19-10-7-17(8-10)13(18)20-14(2,3)4/h5-6,10H,7-8H2,1-4H3. The predicted octanol–water partition coefficient (Wildman–Crippen LogP) is 3.15. The highest BCUT2D eigenvalue weighted by Gasteiger charge is 2.35. The van der Waals surface area contributed by atoms with Gasteiger partial charge in [0.15, 0.2) is 0 Å². The van der Waals surface area contributed by atoms with Gasteiger partial charge in [0.1, 0.15) is 17.5 Å². The quantitative estimate of drug-likeness (QED) is 0.828. The van der Waals surface area contributed by atoms with Crippen molar-refractivity contribution in [3.8, 4) is 5.75 Å². The third kappa shape index (κ3) is 3.62. The van der Waals surface area contributed by atoms with Crippen LogP contribution in [0.25, 0.3) is 0 Å². The molecule has 0 radical (unpaired) electrons. The van der Waals surface area contributed by atoms with Gasteiger partial charge in [-0.2, -0.15) is 0 Å². The van der Waals surface area contributed by atoms with Gasteiger partial charge in [0.25, 0.3) is 0 Å². The van der Waals surface area contributed by atoms with E-state index in [1.807, 2.05) is 27.7 Å². The lowest BCUT2D eigenvalue weighted by Gasteiger charge is -2.39. The van der Waals surface area contributed by atoms with Gasteiger partial charge < -0.3 is 14.4 Å². The summed E-state index contributed by atoms with van der Waals surface area (Å²) in [5.74, 6) is 0.744. The molecule has 0 unspecified atom stereocenters. The highest BCUT2D eigenvalue weighted by molar-refractivity contribution is 9.10. The molecule has 0 aromatic carbocycles. The molecule has 1 fully saturated rings. The van der Waals surface area contributed by atoms with Crippen molar-refractivity contribution in [1.82, 2.24) is 9.88 Å². The Morgan fingerprint density at radius 1 is 1.40 bits per heavy atom. The number of amides is 1. The number of likely N-dealkylation sites (tertiary alicyclic amines) is 1. The number of aromatic nitrogens is 1. The topological polar surface area (TPSA) is 51.7 Å². The molecule has 0 spiro atoms. The molecule has 1 aromatic rings. The summed E-state index contributed by atoms with van der Waals surface area (Å²) >= 11 is 3.42. The lowest BCUT2D eigenvalue weighted by molar-refractivity contribution is -0.0223. The van der Waals surface area contributed by atoms with E-state index in [1.165, 1.54) is 0 Å². The van der Waals surface area contributed by atoms with E-state index in [4.69, 9.17) is 9.47 Å². The number of carbonyl (C=O) groups excluding carboxylic acids is 1. The third-order valence-corrected chi connectivity index (χ3v) is 3.70. The van der Waals surface area contributed by atoms with Gasteiger partial charge in [0.05, 0.1) is 19.3 Å². The van der Waals surface area contributed by atoms with Gasteiger partial charge in [-0.3, -0.25) is 4.98 Å². The molecule has 2 rings (SSSR count). The second-order valence-corrected chi connectivity index (χ2v) is 6.72. The van der Waals surface area contributed by atoms with Gasteiger partial charge in [-0.05, 0) is 43.6 Å². The number of nitrogens with zero attached hydrogens (tertiary/aromatic N) is 2. The number of hydrogen-bond acceptors (Lipinski definition) is 4. The molecule has 1 saturated heterocycles. The molecule has 20 heavy (non-hydrogen) atoms. The number of halogens is 1. The van der Waals surface area contributed by atoms with Gasteiger partial charge in [0.2, 0.25) is 0 Å². The van der Waals surface area contributed by atoms with Crippen LogP contribution >= 0.6 is 15.9 Å². The molecule has 1 aliphatic rings. The smallest absolute Gasteiger partial charge is 0.410 e. The van der Waals surface area contributed by atoms with E-state index in [1.54, 1.807) is 17.3 Å². The van der Waals surface area contributed by atoms with Crippen LogP contribution in [0.3, 0.4) is 0 Å². The summed E-state index contributed by atoms with van der Waals surface area (Å²) in [7, 11) is 0. The van der Waals surface area contributed by atoms with Gasteiger partial charge in [-0.15, -0.1) is 0 Å².